The van der Waals surface area contributed by atoms with E-state index in [0.29, 0.717) is 37.3 Å². The second kappa shape index (κ2) is 15.0. The summed E-state index contributed by atoms with van der Waals surface area (Å²) in [5, 5.41) is 5.42. The maximum Gasteiger partial charge on any atom is 0.434 e. The highest BCUT2D eigenvalue weighted by molar-refractivity contribution is 7.13. The summed E-state index contributed by atoms with van der Waals surface area (Å²) < 4.78 is 62.8. The van der Waals surface area contributed by atoms with Crippen molar-refractivity contribution in [3.8, 4) is 27.6 Å². The van der Waals surface area contributed by atoms with E-state index in [2.05, 4.69) is 25.6 Å². The molecule has 1 saturated heterocycles. The molecule has 3 aromatic heterocycles. The van der Waals surface area contributed by atoms with Crippen molar-refractivity contribution in [2.75, 3.05) is 39.2 Å². The van der Waals surface area contributed by atoms with Crippen LogP contribution < -0.4 is 15.4 Å². The highest BCUT2D eigenvalue weighted by Crippen LogP contribution is 2.44. The number of halogens is 3. The van der Waals surface area contributed by atoms with Crippen molar-refractivity contribution in [1.29, 1.82) is 0 Å². The van der Waals surface area contributed by atoms with Crippen molar-refractivity contribution in [3.05, 3.63) is 40.7 Å². The summed E-state index contributed by atoms with van der Waals surface area (Å²) in [6.07, 6.45) is -2.64. The number of thiazole rings is 1. The monoisotopic (exact) mass is 708 g/mol. The molecular formula is C31H35F3N6O8S. The average molecular weight is 709 g/mol. The molecule has 3 aromatic rings. The Bertz CT molecular complexity index is 1720. The van der Waals surface area contributed by atoms with Crippen molar-refractivity contribution in [3.63, 3.8) is 0 Å². The van der Waals surface area contributed by atoms with Gasteiger partial charge in [-0.1, -0.05) is 0 Å². The van der Waals surface area contributed by atoms with Gasteiger partial charge in [0.1, 0.15) is 28.1 Å². The van der Waals surface area contributed by atoms with Crippen molar-refractivity contribution < 1.29 is 51.3 Å². The lowest BCUT2D eigenvalue weighted by molar-refractivity contribution is -0.140. The fourth-order valence-corrected chi connectivity index (χ4v) is 5.66. The van der Waals surface area contributed by atoms with Crippen molar-refractivity contribution in [2.24, 2.45) is 0 Å². The molecule has 18 heteroatoms. The summed E-state index contributed by atoms with van der Waals surface area (Å²) in [6.45, 7) is 7.76. The molecule has 4 rings (SSSR count). The number of hydrogen-bond donors (Lipinski definition) is 2. The van der Waals surface area contributed by atoms with Crippen LogP contribution in [0.4, 0.5) is 28.6 Å². The van der Waals surface area contributed by atoms with E-state index in [4.69, 9.17) is 18.9 Å². The number of hydrogen-bond acceptors (Lipinski definition) is 12. The number of ether oxygens (including phenoxy) is 4. The largest absolute Gasteiger partial charge is 0.474 e. The molecule has 14 nitrogen and oxygen atoms in total. The van der Waals surface area contributed by atoms with Gasteiger partial charge >= 0.3 is 30.2 Å². The molecule has 4 heterocycles. The number of methoxy groups -OCH3 is 2. The van der Waals surface area contributed by atoms with E-state index in [1.165, 1.54) is 18.5 Å². The number of urea groups is 1. The van der Waals surface area contributed by atoms with Crippen LogP contribution in [0.1, 0.15) is 66.9 Å². The van der Waals surface area contributed by atoms with E-state index in [9.17, 15) is 32.3 Å². The van der Waals surface area contributed by atoms with Crippen LogP contribution in [0.2, 0.25) is 0 Å². The fourth-order valence-electron chi connectivity index (χ4n) is 4.77. The third kappa shape index (κ3) is 8.92. The number of pyridine rings is 2. The van der Waals surface area contributed by atoms with Crippen molar-refractivity contribution in [1.82, 2.24) is 25.2 Å². The summed E-state index contributed by atoms with van der Waals surface area (Å²) in [4.78, 5) is 64.9. The molecule has 0 spiro atoms. The lowest BCUT2D eigenvalue weighted by Crippen LogP contribution is -2.44. The second-order valence-electron chi connectivity index (χ2n) is 11.6. The Morgan fingerprint density at radius 1 is 1.00 bits per heavy atom. The van der Waals surface area contributed by atoms with Crippen LogP contribution in [0, 0.1) is 0 Å². The van der Waals surface area contributed by atoms with Gasteiger partial charge in [0.05, 0.1) is 19.8 Å². The fraction of sp³-hybridized carbons (Fsp3) is 0.452. The first kappa shape index (κ1) is 36.8. The van der Waals surface area contributed by atoms with Crippen LogP contribution in [-0.4, -0.2) is 89.5 Å². The van der Waals surface area contributed by atoms with Gasteiger partial charge in [-0.25, -0.2) is 34.1 Å². The standard InChI is InChI=1S/C31H35F3N6O8S/c1-7-35-28(43)39-23-22(27(42)46-6)21(25-38-20(15-49-25)31(32,33)34)19(14-36-23)18-12-16(26(41)45-5)13-37-24(18)47-17-8-10-40(11-9-17)29(44)48-30(2,3)4/h12-15,17H,7-11H2,1-6H3,(H2,35,36,39,43). The van der Waals surface area contributed by atoms with Gasteiger partial charge in [-0.2, -0.15) is 13.2 Å². The van der Waals surface area contributed by atoms with Gasteiger partial charge in [0.15, 0.2) is 5.69 Å². The molecule has 2 N–H and O–H groups in total. The molecule has 0 radical (unpaired) electrons. The lowest BCUT2D eigenvalue weighted by Gasteiger charge is -2.33. The van der Waals surface area contributed by atoms with Gasteiger partial charge in [-0.15, -0.1) is 11.3 Å². The molecule has 1 aliphatic heterocycles. The highest BCUT2D eigenvalue weighted by Gasteiger charge is 2.36. The van der Waals surface area contributed by atoms with E-state index in [1.54, 1.807) is 32.6 Å². The smallest absolute Gasteiger partial charge is 0.434 e. The Hall–Kier alpha value is -5.00. The zero-order chi connectivity index (χ0) is 36.1. The van der Waals surface area contributed by atoms with Crippen LogP contribution >= 0.6 is 11.3 Å². The maximum absolute atomic E-state index is 13.7. The molecule has 0 aliphatic carbocycles. The van der Waals surface area contributed by atoms with Gasteiger partial charge in [0.25, 0.3) is 0 Å². The summed E-state index contributed by atoms with van der Waals surface area (Å²) in [7, 11) is 2.21. The maximum atomic E-state index is 13.7. The quantitative estimate of drug-likeness (QED) is 0.215. The topological polar surface area (TPSA) is 171 Å². The van der Waals surface area contributed by atoms with Crippen LogP contribution in [0.3, 0.4) is 0 Å². The highest BCUT2D eigenvalue weighted by atomic mass is 32.1. The predicted octanol–water partition coefficient (Wildman–Crippen LogP) is 5.78. The zero-order valence-corrected chi connectivity index (χ0v) is 28.3. The third-order valence-electron chi connectivity index (χ3n) is 6.98. The molecule has 1 fully saturated rings. The number of alkyl halides is 3. The molecule has 0 saturated carbocycles. The number of rotatable bonds is 8. The zero-order valence-electron chi connectivity index (χ0n) is 27.5. The first-order valence-corrected chi connectivity index (χ1v) is 15.9. The minimum Gasteiger partial charge on any atom is -0.474 e. The SMILES string of the molecule is CCNC(=O)Nc1ncc(-c2cc(C(=O)OC)cnc2OC2CCN(C(=O)OC(C)(C)C)CC2)c(-c2nc(C(F)(F)F)cs2)c1C(=O)OC. The van der Waals surface area contributed by atoms with E-state index < -0.39 is 53.2 Å². The number of piperidine rings is 1. The number of amides is 3. The van der Waals surface area contributed by atoms with E-state index >= 15 is 0 Å². The molecular weight excluding hydrogens is 673 g/mol. The average Bonchev–Trinajstić information content (AvgIpc) is 3.55. The van der Waals surface area contributed by atoms with Gasteiger partial charge in [-0.3, -0.25) is 5.32 Å². The number of aromatic nitrogens is 3. The van der Waals surface area contributed by atoms with Crippen molar-refractivity contribution in [2.45, 2.75) is 58.4 Å². The minimum atomic E-state index is -4.82. The van der Waals surface area contributed by atoms with Crippen molar-refractivity contribution >= 4 is 41.2 Å². The van der Waals surface area contributed by atoms with E-state index in [1.807, 2.05) is 0 Å². The Morgan fingerprint density at radius 3 is 2.24 bits per heavy atom. The van der Waals surface area contributed by atoms with Gasteiger partial charge in [0.2, 0.25) is 5.88 Å². The number of nitrogens with zero attached hydrogens (tertiary/aromatic N) is 4. The number of likely N-dealkylation sites (tertiary alicyclic amines) is 1. The third-order valence-corrected chi connectivity index (χ3v) is 7.84. The summed E-state index contributed by atoms with van der Waals surface area (Å²) >= 11 is 0.584. The first-order chi connectivity index (χ1) is 23.1. The number of carbonyl (C=O) groups is 4. The van der Waals surface area contributed by atoms with Gasteiger partial charge in [0, 0.05) is 66.9 Å². The molecule has 49 heavy (non-hydrogen) atoms. The summed E-state index contributed by atoms with van der Waals surface area (Å²) in [5.41, 5.74) is -2.50. The minimum absolute atomic E-state index is 0.00984. The Morgan fingerprint density at radius 2 is 1.67 bits per heavy atom. The van der Waals surface area contributed by atoms with Gasteiger partial charge in [-0.05, 0) is 33.8 Å². The Kier molecular flexibility index (Phi) is 11.3. The summed E-state index contributed by atoms with van der Waals surface area (Å²) in [6, 6.07) is 0.589. The number of anilines is 1. The molecule has 0 aromatic carbocycles. The summed E-state index contributed by atoms with van der Waals surface area (Å²) in [5.74, 6) is -2.21. The molecule has 1 aliphatic rings. The van der Waals surface area contributed by atoms with Crippen LogP contribution in [0.15, 0.2) is 23.8 Å². The molecule has 264 valence electrons. The Balaban J connectivity index is 1.87. The van der Waals surface area contributed by atoms with Crippen LogP contribution in [-0.2, 0) is 20.4 Å². The van der Waals surface area contributed by atoms with Crippen LogP contribution in [0.5, 0.6) is 5.88 Å². The van der Waals surface area contributed by atoms with E-state index in [0.717, 1.165) is 19.6 Å². The lowest BCUT2D eigenvalue weighted by atomic mass is 9.97. The van der Waals surface area contributed by atoms with E-state index in [-0.39, 0.29) is 45.5 Å². The first-order valence-electron chi connectivity index (χ1n) is 15.0. The normalized spacial score (nSPS) is 13.8. The number of esters is 2. The molecule has 0 unspecified atom stereocenters. The Labute approximate surface area is 283 Å². The number of carbonyl (C=O) groups excluding carboxylic acids is 4. The predicted molar refractivity (Wildman–Crippen MR) is 170 cm³/mol. The molecule has 0 bridgehead atoms. The van der Waals surface area contributed by atoms with Crippen LogP contribution in [0.25, 0.3) is 21.7 Å². The molecule has 3 amide bonds. The van der Waals surface area contributed by atoms with Gasteiger partial charge < -0.3 is 29.2 Å². The second-order valence-corrected chi connectivity index (χ2v) is 12.5. The number of nitrogens with one attached hydrogen (secondary N) is 2. The molecule has 0 atom stereocenters.